The van der Waals surface area contributed by atoms with Crippen LogP contribution in [0.4, 0.5) is 0 Å². The summed E-state index contributed by atoms with van der Waals surface area (Å²) in [6.07, 6.45) is 1.78. The minimum Gasteiger partial charge on any atom is -0.490 e. The van der Waals surface area contributed by atoms with Crippen LogP contribution in [0.15, 0.2) is 71.5 Å². The number of aromatic nitrogens is 2. The number of carbonyl (C=O) groups excluding carboxylic acids is 1. The number of hydrogen-bond acceptors (Lipinski definition) is 6. The van der Waals surface area contributed by atoms with E-state index in [0.29, 0.717) is 38.2 Å². The molecule has 0 fully saturated rings. The molecule has 6 nitrogen and oxygen atoms in total. The number of thiazole rings is 1. The average Bonchev–Trinajstić information content (AvgIpc) is 3.32. The van der Waals surface area contributed by atoms with Crippen molar-refractivity contribution in [1.82, 2.24) is 9.38 Å². The molecular formula is C25H17ClN2O4S. The van der Waals surface area contributed by atoms with Crippen LogP contribution in [0.5, 0.6) is 11.5 Å². The topological polar surface area (TPSA) is 69.9 Å². The molecule has 0 bridgehead atoms. The van der Waals surface area contributed by atoms with Gasteiger partial charge in [0.15, 0.2) is 16.5 Å². The van der Waals surface area contributed by atoms with E-state index < -0.39 is 5.97 Å². The van der Waals surface area contributed by atoms with Crippen molar-refractivity contribution in [2.75, 3.05) is 6.61 Å². The fourth-order valence-electron chi connectivity index (χ4n) is 3.48. The van der Waals surface area contributed by atoms with E-state index in [9.17, 15) is 9.59 Å². The van der Waals surface area contributed by atoms with Crippen LogP contribution in [-0.2, 0) is 0 Å². The summed E-state index contributed by atoms with van der Waals surface area (Å²) in [5, 5.41) is 0.535. The van der Waals surface area contributed by atoms with E-state index in [4.69, 9.17) is 21.1 Å². The van der Waals surface area contributed by atoms with Crippen molar-refractivity contribution in [1.29, 1.82) is 0 Å². The van der Waals surface area contributed by atoms with Crippen molar-refractivity contribution in [3.8, 4) is 11.5 Å². The summed E-state index contributed by atoms with van der Waals surface area (Å²) < 4.78 is 13.4. The van der Waals surface area contributed by atoms with Crippen LogP contribution < -0.4 is 19.6 Å². The molecule has 0 amide bonds. The smallest absolute Gasteiger partial charge is 0.343 e. The molecule has 0 N–H and O–H groups in total. The van der Waals surface area contributed by atoms with Crippen molar-refractivity contribution < 1.29 is 14.3 Å². The molecule has 33 heavy (non-hydrogen) atoms. The first-order valence-electron chi connectivity index (χ1n) is 10.2. The average molecular weight is 477 g/mol. The molecule has 0 aliphatic carbocycles. The van der Waals surface area contributed by atoms with Gasteiger partial charge in [0, 0.05) is 5.02 Å². The Bertz CT molecular complexity index is 1610. The summed E-state index contributed by atoms with van der Waals surface area (Å²) in [6.45, 7) is 2.23. The van der Waals surface area contributed by atoms with Crippen LogP contribution in [-0.4, -0.2) is 22.0 Å². The lowest BCUT2D eigenvalue weighted by Gasteiger charge is -2.11. The van der Waals surface area contributed by atoms with Crippen LogP contribution in [0, 0.1) is 0 Å². The van der Waals surface area contributed by atoms with Gasteiger partial charge in [-0.2, -0.15) is 0 Å². The zero-order chi connectivity index (χ0) is 22.9. The Morgan fingerprint density at radius 2 is 1.88 bits per heavy atom. The minimum absolute atomic E-state index is 0.125. The minimum atomic E-state index is -0.516. The molecule has 3 aromatic carbocycles. The van der Waals surface area contributed by atoms with Gasteiger partial charge in [-0.3, -0.25) is 4.79 Å². The molecule has 5 aromatic rings. The molecule has 0 spiro atoms. The van der Waals surface area contributed by atoms with E-state index in [0.717, 1.165) is 16.6 Å². The zero-order valence-corrected chi connectivity index (χ0v) is 19.0. The number of ether oxygens (including phenoxy) is 2. The lowest BCUT2D eigenvalue weighted by atomic mass is 10.2. The molecule has 0 unspecified atom stereocenters. The normalized spacial score (nSPS) is 11.9. The van der Waals surface area contributed by atoms with E-state index in [1.807, 2.05) is 31.2 Å². The predicted molar refractivity (Wildman–Crippen MR) is 130 cm³/mol. The Hall–Kier alpha value is -3.68. The van der Waals surface area contributed by atoms with Gasteiger partial charge >= 0.3 is 5.97 Å². The molecule has 2 heterocycles. The van der Waals surface area contributed by atoms with Gasteiger partial charge in [0.1, 0.15) is 0 Å². The van der Waals surface area contributed by atoms with Crippen molar-refractivity contribution >= 4 is 51.0 Å². The highest BCUT2D eigenvalue weighted by Crippen LogP contribution is 2.30. The van der Waals surface area contributed by atoms with Crippen LogP contribution in [0.2, 0.25) is 5.02 Å². The molecule has 0 radical (unpaired) electrons. The fourth-order valence-corrected chi connectivity index (χ4v) is 4.59. The number of carbonyl (C=O) groups is 1. The lowest BCUT2D eigenvalue weighted by Crippen LogP contribution is -2.22. The lowest BCUT2D eigenvalue weighted by molar-refractivity contribution is 0.0728. The number of halogens is 1. The number of imidazole rings is 1. The Labute approximate surface area is 197 Å². The molecule has 0 aliphatic heterocycles. The Morgan fingerprint density at radius 3 is 2.67 bits per heavy atom. The molecule has 0 saturated carbocycles. The second kappa shape index (κ2) is 8.69. The number of benzene rings is 3. The number of esters is 1. The van der Waals surface area contributed by atoms with E-state index in [2.05, 4.69) is 4.98 Å². The Morgan fingerprint density at radius 1 is 1.09 bits per heavy atom. The summed E-state index contributed by atoms with van der Waals surface area (Å²) in [4.78, 5) is 30.7. The number of para-hydroxylation sites is 2. The highest BCUT2D eigenvalue weighted by Gasteiger charge is 2.14. The summed E-state index contributed by atoms with van der Waals surface area (Å²) in [7, 11) is 0. The van der Waals surface area contributed by atoms with E-state index in [1.54, 1.807) is 52.9 Å². The first-order valence-corrected chi connectivity index (χ1v) is 11.4. The monoisotopic (exact) mass is 476 g/mol. The Balaban J connectivity index is 1.50. The van der Waals surface area contributed by atoms with Crippen molar-refractivity contribution in [2.24, 2.45) is 0 Å². The third-order valence-corrected chi connectivity index (χ3v) is 6.21. The summed E-state index contributed by atoms with van der Waals surface area (Å²) in [5.41, 5.74) is 2.57. The third kappa shape index (κ3) is 4.08. The molecule has 2 aromatic heterocycles. The molecule has 0 saturated heterocycles. The van der Waals surface area contributed by atoms with Gasteiger partial charge in [-0.15, -0.1) is 0 Å². The SMILES string of the molecule is CCOc1cc(/C=c2/sc3nc4ccccc4n3c2=O)ccc1OC(=O)c1ccc(Cl)cc1. The van der Waals surface area contributed by atoms with Crippen molar-refractivity contribution in [3.05, 3.63) is 97.8 Å². The van der Waals surface area contributed by atoms with Gasteiger partial charge < -0.3 is 9.47 Å². The highest BCUT2D eigenvalue weighted by atomic mass is 35.5. The fraction of sp³-hybridized carbons (Fsp3) is 0.0800. The van der Waals surface area contributed by atoms with Crippen LogP contribution in [0.3, 0.4) is 0 Å². The van der Waals surface area contributed by atoms with Gasteiger partial charge in [-0.25, -0.2) is 14.2 Å². The van der Waals surface area contributed by atoms with E-state index >= 15 is 0 Å². The number of fused-ring (bicyclic) bond motifs is 3. The highest BCUT2D eigenvalue weighted by molar-refractivity contribution is 7.15. The maximum atomic E-state index is 13.0. The Kier molecular flexibility index (Phi) is 5.58. The quantitative estimate of drug-likeness (QED) is 0.271. The molecule has 8 heteroatoms. The van der Waals surface area contributed by atoms with Crippen LogP contribution in [0.1, 0.15) is 22.8 Å². The molecule has 5 rings (SSSR count). The standard InChI is InChI=1S/C25H17ClN2O4S/c1-2-31-21-13-15(7-12-20(21)32-24(30)16-8-10-17(26)11-9-16)14-22-23(29)28-19-6-4-3-5-18(19)27-25(28)33-22/h3-14H,2H2,1H3/b22-14+. The summed E-state index contributed by atoms with van der Waals surface area (Å²) in [6, 6.07) is 19.2. The van der Waals surface area contributed by atoms with Crippen LogP contribution in [0.25, 0.3) is 22.1 Å². The first-order chi connectivity index (χ1) is 16.0. The van der Waals surface area contributed by atoms with Crippen LogP contribution >= 0.6 is 22.9 Å². The first kappa shape index (κ1) is 21.2. The number of rotatable bonds is 5. The van der Waals surface area contributed by atoms with Gasteiger partial charge in [-0.1, -0.05) is 41.1 Å². The molecule has 0 aliphatic rings. The molecule has 164 valence electrons. The number of hydrogen-bond donors (Lipinski definition) is 0. The second-order valence-corrected chi connectivity index (χ2v) is 8.62. The third-order valence-electron chi connectivity index (χ3n) is 4.99. The maximum Gasteiger partial charge on any atom is 0.343 e. The molecule has 0 atom stereocenters. The van der Waals surface area contributed by atoms with E-state index in [1.165, 1.54) is 11.3 Å². The van der Waals surface area contributed by atoms with Gasteiger partial charge in [0.05, 0.1) is 27.7 Å². The largest absolute Gasteiger partial charge is 0.490 e. The van der Waals surface area contributed by atoms with Crippen molar-refractivity contribution in [2.45, 2.75) is 6.92 Å². The number of nitrogens with zero attached hydrogens (tertiary/aromatic N) is 2. The predicted octanol–water partition coefficient (Wildman–Crippen LogP) is 4.73. The van der Waals surface area contributed by atoms with Crippen molar-refractivity contribution in [3.63, 3.8) is 0 Å². The molecular weight excluding hydrogens is 460 g/mol. The van der Waals surface area contributed by atoms with Gasteiger partial charge in [0.25, 0.3) is 5.56 Å². The summed E-state index contributed by atoms with van der Waals surface area (Å²) >= 11 is 7.21. The van der Waals surface area contributed by atoms with E-state index in [-0.39, 0.29) is 5.56 Å². The summed E-state index contributed by atoms with van der Waals surface area (Å²) in [5.74, 6) is 0.189. The van der Waals surface area contributed by atoms with Gasteiger partial charge in [0.2, 0.25) is 0 Å². The maximum absolute atomic E-state index is 13.0. The van der Waals surface area contributed by atoms with Gasteiger partial charge in [-0.05, 0) is 67.1 Å². The zero-order valence-electron chi connectivity index (χ0n) is 17.4. The second-order valence-electron chi connectivity index (χ2n) is 7.17.